The molecule has 0 aromatic rings. The highest BCUT2D eigenvalue weighted by Gasteiger charge is 2.23. The SMILES string of the molecule is CC(OCC1CCNCC1)C(=O)N1CCCCCC1. The van der Waals surface area contributed by atoms with E-state index in [0.717, 1.165) is 45.6 Å². The molecule has 0 aliphatic carbocycles. The molecule has 4 nitrogen and oxygen atoms in total. The molecular weight excluding hydrogens is 240 g/mol. The molecule has 0 aromatic heterocycles. The Kier molecular flexibility index (Phi) is 6.11. The first kappa shape index (κ1) is 14.8. The van der Waals surface area contributed by atoms with E-state index < -0.39 is 0 Å². The summed E-state index contributed by atoms with van der Waals surface area (Å²) in [5.41, 5.74) is 0. The Hall–Kier alpha value is -0.610. The summed E-state index contributed by atoms with van der Waals surface area (Å²) in [7, 11) is 0. The van der Waals surface area contributed by atoms with Crippen LogP contribution in [0.4, 0.5) is 0 Å². The van der Waals surface area contributed by atoms with Crippen LogP contribution in [0.2, 0.25) is 0 Å². The lowest BCUT2D eigenvalue weighted by molar-refractivity contribution is -0.143. The molecule has 2 aliphatic heterocycles. The fourth-order valence-electron chi connectivity index (χ4n) is 2.95. The number of likely N-dealkylation sites (tertiary alicyclic amines) is 1. The quantitative estimate of drug-likeness (QED) is 0.845. The molecular formula is C15H28N2O2. The number of nitrogens with zero attached hydrogens (tertiary/aromatic N) is 1. The number of hydrogen-bond donors (Lipinski definition) is 1. The summed E-state index contributed by atoms with van der Waals surface area (Å²) in [5.74, 6) is 0.816. The van der Waals surface area contributed by atoms with E-state index in [2.05, 4.69) is 5.32 Å². The molecule has 1 unspecified atom stereocenters. The number of carbonyl (C=O) groups is 1. The first-order chi connectivity index (χ1) is 9.27. The van der Waals surface area contributed by atoms with Crippen molar-refractivity contribution in [3.8, 4) is 0 Å². The number of piperidine rings is 1. The van der Waals surface area contributed by atoms with Crippen molar-refractivity contribution in [3.63, 3.8) is 0 Å². The van der Waals surface area contributed by atoms with Gasteiger partial charge in [0, 0.05) is 13.1 Å². The van der Waals surface area contributed by atoms with E-state index in [1.165, 1.54) is 25.7 Å². The third kappa shape index (κ3) is 4.77. The molecule has 19 heavy (non-hydrogen) atoms. The number of carbonyl (C=O) groups excluding carboxylic acids is 1. The molecule has 0 saturated carbocycles. The summed E-state index contributed by atoms with van der Waals surface area (Å²) in [6.45, 7) is 6.65. The van der Waals surface area contributed by atoms with Crippen LogP contribution in [0.5, 0.6) is 0 Å². The van der Waals surface area contributed by atoms with Crippen LogP contribution in [0.25, 0.3) is 0 Å². The van der Waals surface area contributed by atoms with E-state index in [1.807, 2.05) is 11.8 Å². The molecule has 2 fully saturated rings. The third-order valence-corrected chi connectivity index (χ3v) is 4.31. The Balaban J connectivity index is 1.71. The van der Waals surface area contributed by atoms with Crippen molar-refractivity contribution in [3.05, 3.63) is 0 Å². The van der Waals surface area contributed by atoms with E-state index in [1.54, 1.807) is 0 Å². The predicted octanol–water partition coefficient (Wildman–Crippen LogP) is 1.79. The number of amides is 1. The van der Waals surface area contributed by atoms with Crippen LogP contribution in [0.15, 0.2) is 0 Å². The van der Waals surface area contributed by atoms with Crippen LogP contribution >= 0.6 is 0 Å². The number of ether oxygens (including phenoxy) is 1. The van der Waals surface area contributed by atoms with Crippen LogP contribution in [-0.2, 0) is 9.53 Å². The lowest BCUT2D eigenvalue weighted by Crippen LogP contribution is -2.40. The molecule has 1 atom stereocenters. The van der Waals surface area contributed by atoms with Gasteiger partial charge in [-0.2, -0.15) is 0 Å². The lowest BCUT2D eigenvalue weighted by Gasteiger charge is -2.27. The summed E-state index contributed by atoms with van der Waals surface area (Å²) in [4.78, 5) is 14.3. The van der Waals surface area contributed by atoms with Gasteiger partial charge in [0.15, 0.2) is 0 Å². The zero-order valence-electron chi connectivity index (χ0n) is 12.2. The zero-order chi connectivity index (χ0) is 13.5. The molecule has 0 aromatic carbocycles. The maximum Gasteiger partial charge on any atom is 0.251 e. The van der Waals surface area contributed by atoms with E-state index in [0.29, 0.717) is 5.92 Å². The van der Waals surface area contributed by atoms with Crippen molar-refractivity contribution < 1.29 is 9.53 Å². The molecule has 0 bridgehead atoms. The van der Waals surface area contributed by atoms with Gasteiger partial charge in [-0.3, -0.25) is 4.79 Å². The van der Waals surface area contributed by atoms with Crippen molar-refractivity contribution in [2.45, 2.75) is 51.6 Å². The number of nitrogens with one attached hydrogen (secondary N) is 1. The second-order valence-corrected chi connectivity index (χ2v) is 5.91. The highest BCUT2D eigenvalue weighted by Crippen LogP contribution is 2.15. The summed E-state index contributed by atoms with van der Waals surface area (Å²) in [6.07, 6.45) is 6.88. The molecule has 0 radical (unpaired) electrons. The minimum atomic E-state index is -0.270. The smallest absolute Gasteiger partial charge is 0.251 e. The van der Waals surface area contributed by atoms with Crippen LogP contribution in [0.1, 0.15) is 45.4 Å². The topological polar surface area (TPSA) is 41.6 Å². The van der Waals surface area contributed by atoms with Crippen molar-refractivity contribution in [2.75, 3.05) is 32.8 Å². The minimum Gasteiger partial charge on any atom is -0.368 e. The molecule has 2 aliphatic rings. The number of rotatable bonds is 4. The fourth-order valence-corrected chi connectivity index (χ4v) is 2.95. The Morgan fingerprint density at radius 1 is 1.21 bits per heavy atom. The first-order valence-corrected chi connectivity index (χ1v) is 7.88. The van der Waals surface area contributed by atoms with Crippen molar-refractivity contribution in [2.24, 2.45) is 5.92 Å². The van der Waals surface area contributed by atoms with Crippen LogP contribution in [0, 0.1) is 5.92 Å². The standard InChI is InChI=1S/C15H28N2O2/c1-13(19-12-14-6-8-16-9-7-14)15(18)17-10-4-2-3-5-11-17/h13-14,16H,2-12H2,1H3. The molecule has 2 saturated heterocycles. The summed E-state index contributed by atoms with van der Waals surface area (Å²) in [6, 6.07) is 0. The van der Waals surface area contributed by atoms with Gasteiger partial charge < -0.3 is 15.0 Å². The largest absolute Gasteiger partial charge is 0.368 e. The van der Waals surface area contributed by atoms with E-state index in [9.17, 15) is 4.79 Å². The van der Waals surface area contributed by atoms with Gasteiger partial charge in [0.1, 0.15) is 6.10 Å². The highest BCUT2D eigenvalue weighted by molar-refractivity contribution is 5.80. The van der Waals surface area contributed by atoms with Crippen LogP contribution in [-0.4, -0.2) is 49.7 Å². The Morgan fingerprint density at radius 2 is 1.84 bits per heavy atom. The van der Waals surface area contributed by atoms with Crippen LogP contribution < -0.4 is 5.32 Å². The molecule has 2 rings (SSSR count). The van der Waals surface area contributed by atoms with Gasteiger partial charge in [-0.15, -0.1) is 0 Å². The minimum absolute atomic E-state index is 0.191. The van der Waals surface area contributed by atoms with E-state index >= 15 is 0 Å². The van der Waals surface area contributed by atoms with Crippen molar-refractivity contribution >= 4 is 5.91 Å². The fraction of sp³-hybridized carbons (Fsp3) is 0.933. The van der Waals surface area contributed by atoms with Gasteiger partial charge in [0.25, 0.3) is 5.91 Å². The van der Waals surface area contributed by atoms with Gasteiger partial charge in [-0.25, -0.2) is 0 Å². The van der Waals surface area contributed by atoms with Crippen molar-refractivity contribution in [1.82, 2.24) is 10.2 Å². The monoisotopic (exact) mass is 268 g/mol. The second-order valence-electron chi connectivity index (χ2n) is 5.91. The van der Waals surface area contributed by atoms with E-state index in [-0.39, 0.29) is 12.0 Å². The molecule has 0 spiro atoms. The summed E-state index contributed by atoms with van der Waals surface area (Å²) >= 11 is 0. The molecule has 110 valence electrons. The summed E-state index contributed by atoms with van der Waals surface area (Å²) in [5, 5.41) is 3.35. The van der Waals surface area contributed by atoms with Gasteiger partial charge in [0.2, 0.25) is 0 Å². The molecule has 1 N–H and O–H groups in total. The molecule has 4 heteroatoms. The van der Waals surface area contributed by atoms with Gasteiger partial charge in [-0.1, -0.05) is 12.8 Å². The highest BCUT2D eigenvalue weighted by atomic mass is 16.5. The first-order valence-electron chi connectivity index (χ1n) is 7.88. The molecule has 1 amide bonds. The lowest BCUT2D eigenvalue weighted by atomic mass is 9.99. The zero-order valence-corrected chi connectivity index (χ0v) is 12.2. The van der Waals surface area contributed by atoms with Gasteiger partial charge in [0.05, 0.1) is 6.61 Å². The normalized spacial score (nSPS) is 23.9. The summed E-state index contributed by atoms with van der Waals surface area (Å²) < 4.78 is 5.82. The maximum absolute atomic E-state index is 12.3. The predicted molar refractivity (Wildman–Crippen MR) is 76.1 cm³/mol. The molecule has 2 heterocycles. The van der Waals surface area contributed by atoms with Gasteiger partial charge in [-0.05, 0) is 51.6 Å². The number of hydrogen-bond acceptors (Lipinski definition) is 3. The van der Waals surface area contributed by atoms with Crippen LogP contribution in [0.3, 0.4) is 0 Å². The van der Waals surface area contributed by atoms with E-state index in [4.69, 9.17) is 4.74 Å². The Morgan fingerprint density at radius 3 is 2.47 bits per heavy atom. The average molecular weight is 268 g/mol. The Bertz CT molecular complexity index is 269. The van der Waals surface area contributed by atoms with Crippen molar-refractivity contribution in [1.29, 1.82) is 0 Å². The maximum atomic E-state index is 12.3. The third-order valence-electron chi connectivity index (χ3n) is 4.31. The van der Waals surface area contributed by atoms with Gasteiger partial charge >= 0.3 is 0 Å². The average Bonchev–Trinajstić information content (AvgIpc) is 2.74. The Labute approximate surface area is 116 Å². The second kappa shape index (κ2) is 7.85.